The van der Waals surface area contributed by atoms with Crippen molar-refractivity contribution in [1.29, 1.82) is 0 Å². The lowest BCUT2D eigenvalue weighted by atomic mass is 10.2. The van der Waals surface area contributed by atoms with Crippen molar-refractivity contribution >= 4 is 11.8 Å². The minimum Gasteiger partial charge on any atom is -0.471 e. The van der Waals surface area contributed by atoms with Crippen LogP contribution in [0.2, 0.25) is 0 Å². The minimum absolute atomic E-state index is 0.125. The summed E-state index contributed by atoms with van der Waals surface area (Å²) in [5, 5.41) is 0. The molecule has 1 aliphatic rings. The maximum absolute atomic E-state index is 11.9. The van der Waals surface area contributed by atoms with E-state index in [0.717, 1.165) is 6.42 Å². The lowest BCUT2D eigenvalue weighted by Gasteiger charge is -2.24. The molecule has 1 aromatic heterocycles. The van der Waals surface area contributed by atoms with Gasteiger partial charge in [-0.15, -0.1) is 0 Å². The van der Waals surface area contributed by atoms with E-state index in [-0.39, 0.29) is 12.2 Å². The zero-order valence-electron chi connectivity index (χ0n) is 12.0. The molecule has 0 radical (unpaired) electrons. The van der Waals surface area contributed by atoms with Crippen molar-refractivity contribution in [3.05, 3.63) is 12.5 Å². The molecule has 1 amide bonds. The topological polar surface area (TPSA) is 90.6 Å². The molecule has 2 rings (SSSR count). The average Bonchev–Trinajstić information content (AvgIpc) is 2.79. The highest BCUT2D eigenvalue weighted by atomic mass is 16.6. The first-order chi connectivity index (χ1) is 9.35. The number of nitrogens with zero attached hydrogens (tertiary/aromatic N) is 3. The van der Waals surface area contributed by atoms with Crippen LogP contribution in [0, 0.1) is 0 Å². The molecule has 0 aliphatic carbocycles. The number of carbonyl (C=O) groups excluding carboxylic acids is 1. The largest absolute Gasteiger partial charge is 0.471 e. The Morgan fingerprint density at radius 2 is 2.25 bits per heavy atom. The highest BCUT2D eigenvalue weighted by Crippen LogP contribution is 2.22. The first kappa shape index (κ1) is 14.4. The third-order valence-electron chi connectivity index (χ3n) is 2.78. The standard InChI is InChI=1S/C13H20N4O3/c1-13(2,3)20-12(18)17-5-4-9(7-17)19-11-10(14)6-15-8-16-11/h6,8-9H,4-5,7,14H2,1-3H3. The van der Waals surface area contributed by atoms with E-state index in [1.54, 1.807) is 4.90 Å². The molecule has 0 bridgehead atoms. The van der Waals surface area contributed by atoms with E-state index in [2.05, 4.69) is 9.97 Å². The number of nitrogens with two attached hydrogens (primary N) is 1. The molecule has 1 unspecified atom stereocenters. The number of nitrogen functional groups attached to an aromatic ring is 1. The Morgan fingerprint density at radius 3 is 2.90 bits per heavy atom. The van der Waals surface area contributed by atoms with Crippen LogP contribution in [0.25, 0.3) is 0 Å². The monoisotopic (exact) mass is 280 g/mol. The number of hydrogen-bond acceptors (Lipinski definition) is 6. The summed E-state index contributed by atoms with van der Waals surface area (Å²) in [5.41, 5.74) is 5.62. The molecule has 0 aromatic carbocycles. The van der Waals surface area contributed by atoms with Gasteiger partial charge >= 0.3 is 6.09 Å². The summed E-state index contributed by atoms with van der Waals surface area (Å²) in [6.45, 7) is 6.60. The maximum Gasteiger partial charge on any atom is 0.410 e. The Hall–Kier alpha value is -2.05. The van der Waals surface area contributed by atoms with Crippen LogP contribution in [0.1, 0.15) is 27.2 Å². The van der Waals surface area contributed by atoms with E-state index >= 15 is 0 Å². The normalized spacial score (nSPS) is 18.9. The van der Waals surface area contributed by atoms with E-state index in [0.29, 0.717) is 24.7 Å². The highest BCUT2D eigenvalue weighted by Gasteiger charge is 2.31. The predicted octanol–water partition coefficient (Wildman–Crippen LogP) is 1.45. The molecule has 0 spiro atoms. The first-order valence-electron chi connectivity index (χ1n) is 6.55. The van der Waals surface area contributed by atoms with Crippen molar-refractivity contribution in [2.45, 2.75) is 38.9 Å². The Kier molecular flexibility index (Phi) is 3.96. The van der Waals surface area contributed by atoms with E-state index in [1.165, 1.54) is 12.5 Å². The van der Waals surface area contributed by atoms with Gasteiger partial charge in [0.15, 0.2) is 0 Å². The summed E-state index contributed by atoms with van der Waals surface area (Å²) >= 11 is 0. The van der Waals surface area contributed by atoms with Crippen molar-refractivity contribution in [3.8, 4) is 5.88 Å². The zero-order chi connectivity index (χ0) is 14.8. The number of amides is 1. The summed E-state index contributed by atoms with van der Waals surface area (Å²) in [5.74, 6) is 0.357. The van der Waals surface area contributed by atoms with Crippen LogP contribution in [-0.4, -0.2) is 45.8 Å². The van der Waals surface area contributed by atoms with Gasteiger partial charge in [0.05, 0.1) is 12.7 Å². The fraction of sp³-hybridized carbons (Fsp3) is 0.615. The third-order valence-corrected chi connectivity index (χ3v) is 2.78. The van der Waals surface area contributed by atoms with Crippen molar-refractivity contribution in [2.24, 2.45) is 0 Å². The van der Waals surface area contributed by atoms with Crippen LogP contribution in [0.3, 0.4) is 0 Å². The van der Waals surface area contributed by atoms with Gasteiger partial charge in [-0.1, -0.05) is 0 Å². The van der Waals surface area contributed by atoms with Crippen LogP contribution in [0.15, 0.2) is 12.5 Å². The smallest absolute Gasteiger partial charge is 0.410 e. The number of aromatic nitrogens is 2. The summed E-state index contributed by atoms with van der Waals surface area (Å²) in [7, 11) is 0. The van der Waals surface area contributed by atoms with Gasteiger partial charge in [0.1, 0.15) is 23.7 Å². The van der Waals surface area contributed by atoms with Crippen LogP contribution in [0.4, 0.5) is 10.5 Å². The lowest BCUT2D eigenvalue weighted by Crippen LogP contribution is -2.36. The number of rotatable bonds is 2. The maximum atomic E-state index is 11.9. The van der Waals surface area contributed by atoms with Crippen molar-refractivity contribution in [1.82, 2.24) is 14.9 Å². The van der Waals surface area contributed by atoms with Crippen LogP contribution in [-0.2, 0) is 4.74 Å². The third kappa shape index (κ3) is 3.72. The van der Waals surface area contributed by atoms with Gasteiger partial charge in [-0.25, -0.2) is 9.78 Å². The number of anilines is 1. The summed E-state index contributed by atoms with van der Waals surface area (Å²) in [6, 6.07) is 0. The number of carbonyl (C=O) groups is 1. The molecule has 2 heterocycles. The molecule has 1 aromatic rings. The van der Waals surface area contributed by atoms with Gasteiger partial charge in [0, 0.05) is 13.0 Å². The van der Waals surface area contributed by atoms with E-state index in [4.69, 9.17) is 15.2 Å². The van der Waals surface area contributed by atoms with Crippen molar-refractivity contribution in [2.75, 3.05) is 18.8 Å². The molecule has 1 atom stereocenters. The zero-order valence-corrected chi connectivity index (χ0v) is 12.0. The minimum atomic E-state index is -0.493. The second-order valence-electron chi connectivity index (χ2n) is 5.74. The van der Waals surface area contributed by atoms with Gasteiger partial charge in [-0.2, -0.15) is 4.98 Å². The molecular formula is C13H20N4O3. The van der Waals surface area contributed by atoms with Gasteiger partial charge in [0.25, 0.3) is 0 Å². The van der Waals surface area contributed by atoms with Gasteiger partial charge in [-0.3, -0.25) is 0 Å². The molecule has 2 N–H and O–H groups in total. The SMILES string of the molecule is CC(C)(C)OC(=O)N1CCC(Oc2ncncc2N)C1. The van der Waals surface area contributed by atoms with E-state index in [9.17, 15) is 4.79 Å². The molecule has 110 valence electrons. The lowest BCUT2D eigenvalue weighted by molar-refractivity contribution is 0.0275. The Labute approximate surface area is 118 Å². The second-order valence-corrected chi connectivity index (χ2v) is 5.74. The Balaban J connectivity index is 1.90. The molecule has 7 nitrogen and oxygen atoms in total. The van der Waals surface area contributed by atoms with Crippen molar-refractivity contribution in [3.63, 3.8) is 0 Å². The first-order valence-corrected chi connectivity index (χ1v) is 6.55. The van der Waals surface area contributed by atoms with E-state index in [1.807, 2.05) is 20.8 Å². The van der Waals surface area contributed by atoms with Gasteiger partial charge in [-0.05, 0) is 20.8 Å². The fourth-order valence-corrected chi connectivity index (χ4v) is 1.90. The van der Waals surface area contributed by atoms with Crippen LogP contribution in [0.5, 0.6) is 5.88 Å². The Morgan fingerprint density at radius 1 is 1.50 bits per heavy atom. The molecule has 7 heteroatoms. The van der Waals surface area contributed by atoms with Crippen LogP contribution < -0.4 is 10.5 Å². The molecule has 1 fully saturated rings. The van der Waals surface area contributed by atoms with Gasteiger partial charge in [0.2, 0.25) is 5.88 Å². The van der Waals surface area contributed by atoms with E-state index < -0.39 is 5.60 Å². The number of hydrogen-bond donors (Lipinski definition) is 1. The quantitative estimate of drug-likeness (QED) is 0.881. The number of likely N-dealkylation sites (tertiary alicyclic amines) is 1. The predicted molar refractivity (Wildman–Crippen MR) is 73.3 cm³/mol. The molecule has 0 saturated carbocycles. The van der Waals surface area contributed by atoms with Gasteiger partial charge < -0.3 is 20.1 Å². The Bertz CT molecular complexity index is 487. The van der Waals surface area contributed by atoms with Crippen LogP contribution >= 0.6 is 0 Å². The molecule has 1 saturated heterocycles. The average molecular weight is 280 g/mol. The second kappa shape index (κ2) is 5.52. The number of ether oxygens (including phenoxy) is 2. The summed E-state index contributed by atoms with van der Waals surface area (Å²) in [6.07, 6.45) is 3.15. The molecule has 20 heavy (non-hydrogen) atoms. The molecular weight excluding hydrogens is 260 g/mol. The highest BCUT2D eigenvalue weighted by molar-refractivity contribution is 5.68. The molecule has 1 aliphatic heterocycles. The summed E-state index contributed by atoms with van der Waals surface area (Å²) < 4.78 is 11.0. The van der Waals surface area contributed by atoms with Crippen molar-refractivity contribution < 1.29 is 14.3 Å². The fourth-order valence-electron chi connectivity index (χ4n) is 1.90. The summed E-state index contributed by atoms with van der Waals surface area (Å²) in [4.78, 5) is 21.3.